The van der Waals surface area contributed by atoms with E-state index in [1.165, 1.54) is 4.90 Å². The van der Waals surface area contributed by atoms with Crippen LogP contribution in [0, 0.1) is 12.8 Å². The molecule has 164 valence electrons. The lowest BCUT2D eigenvalue weighted by Crippen LogP contribution is -2.36. The van der Waals surface area contributed by atoms with Crippen molar-refractivity contribution in [2.45, 2.75) is 20.8 Å². The number of anilines is 2. The Kier molecular flexibility index (Phi) is 6.17. The van der Waals surface area contributed by atoms with E-state index in [2.05, 4.69) is 5.32 Å². The van der Waals surface area contributed by atoms with Gasteiger partial charge in [0.1, 0.15) is 10.9 Å². The van der Waals surface area contributed by atoms with Gasteiger partial charge in [-0.1, -0.05) is 73.7 Å². The summed E-state index contributed by atoms with van der Waals surface area (Å²) in [5.41, 5.74) is 3.32. The van der Waals surface area contributed by atoms with Gasteiger partial charge in [0.2, 0.25) is 5.91 Å². The largest absolute Gasteiger partial charge is 0.325 e. The zero-order chi connectivity index (χ0) is 23.0. The third-order valence-corrected chi connectivity index (χ3v) is 6.63. The summed E-state index contributed by atoms with van der Waals surface area (Å²) >= 11 is 6.56. The quantitative estimate of drug-likeness (QED) is 0.529. The predicted molar refractivity (Wildman–Crippen MR) is 132 cm³/mol. The molecule has 6 nitrogen and oxygen atoms in total. The van der Waals surface area contributed by atoms with Crippen molar-refractivity contribution < 1.29 is 14.4 Å². The highest BCUT2D eigenvalue weighted by molar-refractivity contribution is 8.26. The Balaban J connectivity index is 1.63. The topological polar surface area (TPSA) is 69.7 Å². The number of amides is 3. The second kappa shape index (κ2) is 8.88. The molecule has 1 fully saturated rings. The molecule has 1 saturated heterocycles. The van der Waals surface area contributed by atoms with Crippen molar-refractivity contribution in [1.29, 1.82) is 0 Å². The Morgan fingerprint density at radius 1 is 1.03 bits per heavy atom. The number of thiocarbonyl (C=S) groups is 1. The summed E-state index contributed by atoms with van der Waals surface area (Å²) in [6.45, 7) is 6.34. The number of aryl methyl sites for hydroxylation is 1. The van der Waals surface area contributed by atoms with Crippen molar-refractivity contribution in [2.75, 3.05) is 23.3 Å². The van der Waals surface area contributed by atoms with Gasteiger partial charge in [-0.15, -0.1) is 0 Å². The lowest BCUT2D eigenvalue weighted by Gasteiger charge is -2.17. The number of hydrogen-bond donors (Lipinski definition) is 1. The maximum Gasteiger partial charge on any atom is 0.267 e. The summed E-state index contributed by atoms with van der Waals surface area (Å²) in [5, 5.41) is 2.83. The Hall–Kier alpha value is -2.97. The molecule has 0 aliphatic carbocycles. The maximum atomic E-state index is 13.4. The maximum absolute atomic E-state index is 13.4. The van der Waals surface area contributed by atoms with Crippen LogP contribution in [0.2, 0.25) is 0 Å². The van der Waals surface area contributed by atoms with Crippen molar-refractivity contribution in [2.24, 2.45) is 5.92 Å². The molecule has 0 radical (unpaired) electrons. The molecule has 2 heterocycles. The fourth-order valence-corrected chi connectivity index (χ4v) is 5.06. The number of para-hydroxylation sites is 1. The van der Waals surface area contributed by atoms with Crippen LogP contribution >= 0.6 is 24.0 Å². The Morgan fingerprint density at radius 3 is 2.41 bits per heavy atom. The highest BCUT2D eigenvalue weighted by Gasteiger charge is 2.42. The SMILES string of the molecule is Cc1ccc(NC(=O)CN2C(=O)C(=C3SC(=S)N(CC(C)C)C3=O)c3ccccc32)cc1. The van der Waals surface area contributed by atoms with Crippen molar-refractivity contribution >= 4 is 63.0 Å². The normalized spacial score (nSPS) is 18.1. The average molecular weight is 466 g/mol. The van der Waals surface area contributed by atoms with Gasteiger partial charge in [-0.3, -0.25) is 24.2 Å². The molecule has 0 unspecified atom stereocenters. The lowest BCUT2D eigenvalue weighted by molar-refractivity contribution is -0.122. The molecule has 3 amide bonds. The van der Waals surface area contributed by atoms with E-state index >= 15 is 0 Å². The van der Waals surface area contributed by atoms with Gasteiger partial charge < -0.3 is 5.32 Å². The van der Waals surface area contributed by atoms with Gasteiger partial charge in [0.05, 0.1) is 16.2 Å². The van der Waals surface area contributed by atoms with Gasteiger partial charge in [0, 0.05) is 17.8 Å². The summed E-state index contributed by atoms with van der Waals surface area (Å²) in [6.07, 6.45) is 0. The zero-order valence-corrected chi connectivity index (χ0v) is 19.7. The fourth-order valence-electron chi connectivity index (χ4n) is 3.71. The number of thioether (sulfide) groups is 1. The molecule has 0 aromatic heterocycles. The van der Waals surface area contributed by atoms with Crippen molar-refractivity contribution in [3.8, 4) is 0 Å². The van der Waals surface area contributed by atoms with Gasteiger partial charge >= 0.3 is 0 Å². The predicted octanol–water partition coefficient (Wildman–Crippen LogP) is 4.21. The summed E-state index contributed by atoms with van der Waals surface area (Å²) in [7, 11) is 0. The van der Waals surface area contributed by atoms with Crippen molar-refractivity contribution in [3.05, 3.63) is 64.6 Å². The molecule has 8 heteroatoms. The smallest absolute Gasteiger partial charge is 0.267 e. The van der Waals surface area contributed by atoms with Crippen molar-refractivity contribution in [1.82, 2.24) is 4.90 Å². The molecule has 32 heavy (non-hydrogen) atoms. The molecular weight excluding hydrogens is 442 g/mol. The molecule has 2 aliphatic rings. The Bertz CT molecular complexity index is 1160. The van der Waals surface area contributed by atoms with Crippen LogP contribution in [0.5, 0.6) is 0 Å². The highest BCUT2D eigenvalue weighted by atomic mass is 32.2. The summed E-state index contributed by atoms with van der Waals surface area (Å²) in [4.78, 5) is 42.5. The summed E-state index contributed by atoms with van der Waals surface area (Å²) < 4.78 is 0.451. The van der Waals surface area contributed by atoms with Gasteiger partial charge in [0.15, 0.2) is 0 Å². The number of nitrogens with zero attached hydrogens (tertiary/aromatic N) is 2. The minimum absolute atomic E-state index is 0.153. The standard InChI is InChI=1S/C24H23N3O3S2/c1-14(2)12-27-23(30)21(32-24(27)31)20-17-6-4-5-7-18(17)26(22(20)29)13-19(28)25-16-10-8-15(3)9-11-16/h4-11,14H,12-13H2,1-3H3,(H,25,28). The number of fused-ring (bicyclic) bond motifs is 1. The highest BCUT2D eigenvalue weighted by Crippen LogP contribution is 2.44. The zero-order valence-electron chi connectivity index (χ0n) is 18.0. The van der Waals surface area contributed by atoms with E-state index in [-0.39, 0.29) is 30.2 Å². The van der Waals surface area contributed by atoms with Crippen LogP contribution < -0.4 is 10.2 Å². The first-order chi connectivity index (χ1) is 15.3. The number of rotatable bonds is 5. The first-order valence-corrected chi connectivity index (χ1v) is 11.5. The van der Waals surface area contributed by atoms with Crippen LogP contribution in [0.4, 0.5) is 11.4 Å². The monoisotopic (exact) mass is 465 g/mol. The van der Waals surface area contributed by atoms with Crippen molar-refractivity contribution in [3.63, 3.8) is 0 Å². The van der Waals surface area contributed by atoms with Crippen LogP contribution in [0.1, 0.15) is 25.0 Å². The fraction of sp³-hybridized carbons (Fsp3) is 0.250. The minimum Gasteiger partial charge on any atom is -0.325 e. The van der Waals surface area contributed by atoms with Crippen LogP contribution in [-0.4, -0.2) is 40.0 Å². The number of carbonyl (C=O) groups excluding carboxylic acids is 3. The van der Waals surface area contributed by atoms with Crippen LogP contribution in [0.15, 0.2) is 53.4 Å². The third kappa shape index (κ3) is 4.20. The van der Waals surface area contributed by atoms with Crippen LogP contribution in [0.25, 0.3) is 5.57 Å². The first kappa shape index (κ1) is 22.2. The molecule has 0 bridgehead atoms. The molecule has 2 aliphatic heterocycles. The second-order valence-electron chi connectivity index (χ2n) is 8.20. The van der Waals surface area contributed by atoms with E-state index in [1.807, 2.05) is 57.2 Å². The molecule has 0 atom stereocenters. The van der Waals surface area contributed by atoms with Gasteiger partial charge in [-0.2, -0.15) is 0 Å². The molecule has 0 spiro atoms. The number of benzene rings is 2. The van der Waals surface area contributed by atoms with E-state index in [4.69, 9.17) is 12.2 Å². The Morgan fingerprint density at radius 2 is 1.72 bits per heavy atom. The number of nitrogens with one attached hydrogen (secondary N) is 1. The molecule has 4 rings (SSSR count). The second-order valence-corrected chi connectivity index (χ2v) is 9.85. The van der Waals surface area contributed by atoms with E-state index in [9.17, 15) is 14.4 Å². The molecule has 0 saturated carbocycles. The van der Waals surface area contributed by atoms with Gasteiger partial charge in [-0.25, -0.2) is 0 Å². The lowest BCUT2D eigenvalue weighted by atomic mass is 10.1. The number of hydrogen-bond acceptors (Lipinski definition) is 5. The van der Waals surface area contributed by atoms with Gasteiger partial charge in [-0.05, 0) is 31.0 Å². The molecular formula is C24H23N3O3S2. The average Bonchev–Trinajstić information content (AvgIpc) is 3.17. The van der Waals surface area contributed by atoms with E-state index in [1.54, 1.807) is 17.0 Å². The van der Waals surface area contributed by atoms with Crippen LogP contribution in [-0.2, 0) is 14.4 Å². The van der Waals surface area contributed by atoms with E-state index < -0.39 is 0 Å². The van der Waals surface area contributed by atoms with Crippen LogP contribution in [0.3, 0.4) is 0 Å². The molecule has 2 aromatic rings. The summed E-state index contributed by atoms with van der Waals surface area (Å²) in [5.74, 6) is -0.686. The van der Waals surface area contributed by atoms with E-state index in [0.29, 0.717) is 38.3 Å². The molecule has 2 aromatic carbocycles. The first-order valence-electron chi connectivity index (χ1n) is 10.3. The Labute approximate surface area is 196 Å². The van der Waals surface area contributed by atoms with Gasteiger partial charge in [0.25, 0.3) is 11.8 Å². The third-order valence-electron chi connectivity index (χ3n) is 5.18. The number of carbonyl (C=O) groups is 3. The van der Waals surface area contributed by atoms with E-state index in [0.717, 1.165) is 17.3 Å². The minimum atomic E-state index is -0.365. The molecule has 1 N–H and O–H groups in total. The summed E-state index contributed by atoms with van der Waals surface area (Å²) in [6, 6.07) is 14.7.